The molecule has 0 bridgehead atoms. The van der Waals surface area contributed by atoms with Crippen molar-refractivity contribution in [3.63, 3.8) is 0 Å². The van der Waals surface area contributed by atoms with Gasteiger partial charge in [-0.3, -0.25) is 0 Å². The second kappa shape index (κ2) is 3.61. The molecule has 7 heteroatoms. The van der Waals surface area contributed by atoms with Gasteiger partial charge < -0.3 is 5.32 Å². The molecule has 82 valence electrons. The van der Waals surface area contributed by atoms with Crippen molar-refractivity contribution in [2.75, 3.05) is 6.54 Å². The van der Waals surface area contributed by atoms with Crippen LogP contribution in [0.3, 0.4) is 0 Å². The van der Waals surface area contributed by atoms with Gasteiger partial charge in [-0.2, -0.15) is 13.2 Å². The van der Waals surface area contributed by atoms with Gasteiger partial charge in [-0.05, 0) is 0 Å². The van der Waals surface area contributed by atoms with Crippen LogP contribution in [-0.4, -0.2) is 16.5 Å². The van der Waals surface area contributed by atoms with Crippen LogP contribution in [0.2, 0.25) is 5.15 Å². The number of alkyl halides is 3. The first-order chi connectivity index (χ1) is 6.98. The van der Waals surface area contributed by atoms with Crippen LogP contribution < -0.4 is 5.32 Å². The molecular formula is C8H7ClF3N3. The fourth-order valence-electron chi connectivity index (χ4n) is 1.43. The zero-order valence-electron chi connectivity index (χ0n) is 7.53. The maximum absolute atomic E-state index is 12.3. The summed E-state index contributed by atoms with van der Waals surface area (Å²) in [5.41, 5.74) is 0.956. The minimum Gasteiger partial charge on any atom is -0.312 e. The molecule has 0 aromatic carbocycles. The highest BCUT2D eigenvalue weighted by Crippen LogP contribution is 2.29. The molecule has 1 aromatic heterocycles. The first-order valence-corrected chi connectivity index (χ1v) is 4.69. The average molecular weight is 238 g/mol. The molecule has 0 saturated carbocycles. The number of nitrogens with zero attached hydrogens (tertiary/aromatic N) is 2. The van der Waals surface area contributed by atoms with E-state index in [9.17, 15) is 13.2 Å². The van der Waals surface area contributed by atoms with Gasteiger partial charge in [0.2, 0.25) is 5.82 Å². The van der Waals surface area contributed by atoms with Gasteiger partial charge in [0.05, 0.1) is 5.69 Å². The van der Waals surface area contributed by atoms with E-state index in [0.717, 1.165) is 0 Å². The van der Waals surface area contributed by atoms with E-state index < -0.39 is 12.0 Å². The van der Waals surface area contributed by atoms with Crippen molar-refractivity contribution >= 4 is 11.6 Å². The van der Waals surface area contributed by atoms with Crippen molar-refractivity contribution in [3.8, 4) is 0 Å². The number of halogens is 4. The molecule has 0 unspecified atom stereocenters. The van der Waals surface area contributed by atoms with Gasteiger partial charge in [0.1, 0.15) is 5.15 Å². The van der Waals surface area contributed by atoms with Crippen LogP contribution in [-0.2, 0) is 19.1 Å². The Morgan fingerprint density at radius 1 is 1.27 bits per heavy atom. The Bertz CT molecular complexity index is 391. The summed E-state index contributed by atoms with van der Waals surface area (Å²) in [4.78, 5) is 6.73. The maximum Gasteiger partial charge on any atom is 0.451 e. The molecule has 0 amide bonds. The Morgan fingerprint density at radius 3 is 2.67 bits per heavy atom. The van der Waals surface area contributed by atoms with Crippen LogP contribution in [0.1, 0.15) is 17.1 Å². The van der Waals surface area contributed by atoms with Crippen LogP contribution in [0.15, 0.2) is 0 Å². The van der Waals surface area contributed by atoms with Gasteiger partial charge in [0, 0.05) is 25.1 Å². The molecule has 15 heavy (non-hydrogen) atoms. The predicted octanol–water partition coefficient (Wildman–Crippen LogP) is 1.79. The van der Waals surface area contributed by atoms with Crippen molar-refractivity contribution in [2.24, 2.45) is 0 Å². The van der Waals surface area contributed by atoms with Gasteiger partial charge in [-0.25, -0.2) is 9.97 Å². The summed E-state index contributed by atoms with van der Waals surface area (Å²) >= 11 is 5.66. The second-order valence-corrected chi connectivity index (χ2v) is 3.55. The number of aromatic nitrogens is 2. The summed E-state index contributed by atoms with van der Waals surface area (Å²) in [6.45, 7) is 1.03. The first kappa shape index (κ1) is 10.6. The third kappa shape index (κ3) is 2.05. The molecule has 0 spiro atoms. The van der Waals surface area contributed by atoms with Crippen LogP contribution in [0.25, 0.3) is 0 Å². The summed E-state index contributed by atoms with van der Waals surface area (Å²) in [6.07, 6.45) is -4.09. The van der Waals surface area contributed by atoms with E-state index >= 15 is 0 Å². The normalized spacial score (nSPS) is 16.3. The first-order valence-electron chi connectivity index (χ1n) is 4.31. The average Bonchev–Trinajstić information content (AvgIpc) is 2.16. The molecule has 0 saturated heterocycles. The molecule has 2 heterocycles. The molecule has 0 atom stereocenters. The lowest BCUT2D eigenvalue weighted by Gasteiger charge is -2.18. The Hall–Kier alpha value is -0.880. The summed E-state index contributed by atoms with van der Waals surface area (Å²) < 4.78 is 37.0. The van der Waals surface area contributed by atoms with E-state index in [2.05, 4.69) is 15.3 Å². The molecule has 1 N–H and O–H groups in total. The Balaban J connectivity index is 2.50. The van der Waals surface area contributed by atoms with Crippen LogP contribution in [0.5, 0.6) is 0 Å². The predicted molar refractivity (Wildman–Crippen MR) is 47.5 cm³/mol. The SMILES string of the molecule is FC(F)(F)c1nc(Cl)c2c(n1)CCNC2. The van der Waals surface area contributed by atoms with Crippen molar-refractivity contribution in [1.82, 2.24) is 15.3 Å². The lowest BCUT2D eigenvalue weighted by atomic mass is 10.1. The van der Waals surface area contributed by atoms with Crippen molar-refractivity contribution in [2.45, 2.75) is 19.1 Å². The maximum atomic E-state index is 12.3. The van der Waals surface area contributed by atoms with E-state index in [1.54, 1.807) is 0 Å². The third-order valence-corrected chi connectivity index (χ3v) is 2.45. The second-order valence-electron chi connectivity index (χ2n) is 3.19. The molecule has 0 fully saturated rings. The van der Waals surface area contributed by atoms with Gasteiger partial charge in [-0.1, -0.05) is 11.6 Å². The van der Waals surface area contributed by atoms with E-state index in [1.807, 2.05) is 0 Å². The van der Waals surface area contributed by atoms with E-state index in [-0.39, 0.29) is 5.15 Å². The smallest absolute Gasteiger partial charge is 0.312 e. The fourth-order valence-corrected chi connectivity index (χ4v) is 1.68. The summed E-state index contributed by atoms with van der Waals surface area (Å²) in [5.74, 6) is -1.16. The van der Waals surface area contributed by atoms with Crippen LogP contribution >= 0.6 is 11.6 Å². The van der Waals surface area contributed by atoms with Crippen LogP contribution in [0.4, 0.5) is 13.2 Å². The van der Waals surface area contributed by atoms with Gasteiger partial charge >= 0.3 is 6.18 Å². The zero-order chi connectivity index (χ0) is 11.1. The highest BCUT2D eigenvalue weighted by Gasteiger charge is 2.36. The minimum atomic E-state index is -4.54. The number of hydrogen-bond acceptors (Lipinski definition) is 3. The molecule has 1 aromatic rings. The number of hydrogen-bond donors (Lipinski definition) is 1. The Morgan fingerprint density at radius 2 is 2.00 bits per heavy atom. The van der Waals surface area contributed by atoms with Crippen molar-refractivity contribution in [3.05, 3.63) is 22.2 Å². The van der Waals surface area contributed by atoms with E-state index in [1.165, 1.54) is 0 Å². The van der Waals surface area contributed by atoms with Crippen molar-refractivity contribution < 1.29 is 13.2 Å². The van der Waals surface area contributed by atoms with Crippen molar-refractivity contribution in [1.29, 1.82) is 0 Å². The van der Waals surface area contributed by atoms with E-state index in [4.69, 9.17) is 11.6 Å². The molecule has 1 aliphatic rings. The number of nitrogens with one attached hydrogen (secondary N) is 1. The Kier molecular flexibility index (Phi) is 2.56. The number of rotatable bonds is 0. The van der Waals surface area contributed by atoms with Crippen LogP contribution in [0, 0.1) is 0 Å². The standard InChI is InChI=1S/C8H7ClF3N3/c9-6-4-3-13-2-1-5(4)14-7(15-6)8(10,11)12/h13H,1-3H2. The zero-order valence-corrected chi connectivity index (χ0v) is 8.28. The highest BCUT2D eigenvalue weighted by atomic mass is 35.5. The van der Waals surface area contributed by atoms with Gasteiger partial charge in [0.25, 0.3) is 0 Å². The topological polar surface area (TPSA) is 37.8 Å². The summed E-state index contributed by atoms with van der Waals surface area (Å²) in [7, 11) is 0. The lowest BCUT2D eigenvalue weighted by Crippen LogP contribution is -2.27. The third-order valence-electron chi connectivity index (χ3n) is 2.14. The minimum absolute atomic E-state index is 0.112. The quantitative estimate of drug-likeness (QED) is 0.699. The molecule has 2 rings (SSSR count). The molecule has 3 nitrogen and oxygen atoms in total. The van der Waals surface area contributed by atoms with Gasteiger partial charge in [0.15, 0.2) is 0 Å². The Labute approximate surface area is 88.7 Å². The fraction of sp³-hybridized carbons (Fsp3) is 0.500. The monoisotopic (exact) mass is 237 g/mol. The molecule has 0 radical (unpaired) electrons. The molecule has 1 aliphatic heterocycles. The molecule has 0 aliphatic carbocycles. The molecular weight excluding hydrogens is 231 g/mol. The summed E-state index contributed by atoms with van der Waals surface area (Å²) in [5, 5.41) is 2.88. The largest absolute Gasteiger partial charge is 0.451 e. The highest BCUT2D eigenvalue weighted by molar-refractivity contribution is 6.30. The lowest BCUT2D eigenvalue weighted by molar-refractivity contribution is -0.145. The summed E-state index contributed by atoms with van der Waals surface area (Å²) in [6, 6.07) is 0. The number of fused-ring (bicyclic) bond motifs is 1. The van der Waals surface area contributed by atoms with E-state index in [0.29, 0.717) is 30.8 Å². The van der Waals surface area contributed by atoms with Gasteiger partial charge in [-0.15, -0.1) is 0 Å².